The third-order valence-corrected chi connectivity index (χ3v) is 4.60. The summed E-state index contributed by atoms with van der Waals surface area (Å²) in [7, 11) is 0. The third kappa shape index (κ3) is 3.31. The monoisotopic (exact) mass is 366 g/mol. The zero-order chi connectivity index (χ0) is 19.0. The van der Waals surface area contributed by atoms with E-state index in [-0.39, 0.29) is 23.7 Å². The number of pyridine rings is 1. The Balaban J connectivity index is 1.62. The van der Waals surface area contributed by atoms with E-state index in [1.54, 1.807) is 18.4 Å². The van der Waals surface area contributed by atoms with Crippen LogP contribution in [0.3, 0.4) is 0 Å². The van der Waals surface area contributed by atoms with Crippen molar-refractivity contribution in [2.75, 3.05) is 5.32 Å². The average Bonchev–Trinajstić information content (AvgIpc) is 3.17. The van der Waals surface area contributed by atoms with Crippen molar-refractivity contribution in [3.8, 4) is 0 Å². The highest BCUT2D eigenvalue weighted by molar-refractivity contribution is 6.06. The van der Waals surface area contributed by atoms with Gasteiger partial charge in [0.1, 0.15) is 17.1 Å². The van der Waals surface area contributed by atoms with Gasteiger partial charge in [0.15, 0.2) is 5.78 Å². The molecule has 0 radical (unpaired) electrons. The van der Waals surface area contributed by atoms with Crippen molar-refractivity contribution < 1.29 is 18.4 Å². The molecule has 1 amide bonds. The van der Waals surface area contributed by atoms with Gasteiger partial charge in [0.25, 0.3) is 11.5 Å². The second-order valence-electron chi connectivity index (χ2n) is 6.41. The van der Waals surface area contributed by atoms with E-state index >= 15 is 0 Å². The van der Waals surface area contributed by atoms with Crippen molar-refractivity contribution in [3.63, 3.8) is 0 Å². The van der Waals surface area contributed by atoms with Crippen molar-refractivity contribution in [3.05, 3.63) is 87.5 Å². The van der Waals surface area contributed by atoms with Crippen LogP contribution in [0.1, 0.15) is 44.5 Å². The number of benzene rings is 1. The van der Waals surface area contributed by atoms with Crippen LogP contribution in [0.2, 0.25) is 0 Å². The van der Waals surface area contributed by atoms with Gasteiger partial charge in [-0.2, -0.15) is 0 Å². The fraction of sp³-hybridized carbons (Fsp3) is 0.150. The fourth-order valence-corrected chi connectivity index (χ4v) is 3.26. The smallest absolute Gasteiger partial charge is 0.261 e. The molecule has 3 aromatic rings. The zero-order valence-electron chi connectivity index (χ0n) is 14.1. The number of H-pyrrole nitrogens is 1. The summed E-state index contributed by atoms with van der Waals surface area (Å²) < 4.78 is 18.3. The van der Waals surface area contributed by atoms with Crippen LogP contribution >= 0.6 is 0 Å². The minimum atomic E-state index is -0.661. The number of anilines is 1. The van der Waals surface area contributed by atoms with Gasteiger partial charge >= 0.3 is 0 Å². The van der Waals surface area contributed by atoms with Gasteiger partial charge in [-0.1, -0.05) is 0 Å². The standard InChI is InChI=1S/C20H15FN2O4/c21-12-3-5-13(6-4-12)22-19(25)15-10-14-16(23-20(15)26)8-11(9-17(14)24)18-2-1-7-27-18/h1-7,10-11H,8-9H2,(H,22,25)(H,23,26)/t11-/m0/s1. The van der Waals surface area contributed by atoms with Crippen molar-refractivity contribution in [1.82, 2.24) is 4.98 Å². The van der Waals surface area contributed by atoms with Gasteiger partial charge < -0.3 is 14.7 Å². The van der Waals surface area contributed by atoms with Gasteiger partial charge in [0.05, 0.1) is 6.26 Å². The van der Waals surface area contributed by atoms with Crippen LogP contribution < -0.4 is 10.9 Å². The first-order chi connectivity index (χ1) is 13.0. The summed E-state index contributed by atoms with van der Waals surface area (Å²) in [6.07, 6.45) is 2.23. The second kappa shape index (κ2) is 6.68. The second-order valence-corrected chi connectivity index (χ2v) is 6.41. The number of furan rings is 1. The number of rotatable bonds is 3. The summed E-state index contributed by atoms with van der Waals surface area (Å²) in [4.78, 5) is 40.0. The number of carbonyl (C=O) groups excluding carboxylic acids is 2. The zero-order valence-corrected chi connectivity index (χ0v) is 14.1. The molecule has 27 heavy (non-hydrogen) atoms. The Morgan fingerprint density at radius 2 is 1.93 bits per heavy atom. The van der Waals surface area contributed by atoms with Crippen LogP contribution in [0, 0.1) is 5.82 Å². The van der Waals surface area contributed by atoms with E-state index in [4.69, 9.17) is 4.42 Å². The molecule has 0 spiro atoms. The Morgan fingerprint density at radius 1 is 1.15 bits per heavy atom. The summed E-state index contributed by atoms with van der Waals surface area (Å²) in [5.41, 5.74) is 0.435. The molecule has 7 heteroatoms. The average molecular weight is 366 g/mol. The summed E-state index contributed by atoms with van der Waals surface area (Å²) in [5, 5.41) is 2.53. The molecule has 1 aromatic carbocycles. The number of ketones is 1. The molecule has 2 N–H and O–H groups in total. The molecule has 136 valence electrons. The number of nitrogens with one attached hydrogen (secondary N) is 2. The molecule has 1 atom stereocenters. The number of amides is 1. The Morgan fingerprint density at radius 3 is 2.63 bits per heavy atom. The lowest BCUT2D eigenvalue weighted by Gasteiger charge is -2.22. The highest BCUT2D eigenvalue weighted by Crippen LogP contribution is 2.31. The molecule has 1 aliphatic carbocycles. The van der Waals surface area contributed by atoms with Gasteiger partial charge in [-0.05, 0) is 48.9 Å². The number of aromatic amines is 1. The third-order valence-electron chi connectivity index (χ3n) is 4.60. The molecule has 0 bridgehead atoms. The first-order valence-corrected chi connectivity index (χ1v) is 8.41. The maximum atomic E-state index is 13.0. The van der Waals surface area contributed by atoms with Crippen molar-refractivity contribution >= 4 is 17.4 Å². The Kier molecular flexibility index (Phi) is 4.19. The van der Waals surface area contributed by atoms with Gasteiger partial charge in [-0.15, -0.1) is 0 Å². The molecule has 4 rings (SSSR count). The number of hydrogen-bond acceptors (Lipinski definition) is 4. The lowest BCUT2D eigenvalue weighted by molar-refractivity contribution is 0.0959. The van der Waals surface area contributed by atoms with E-state index in [1.807, 2.05) is 0 Å². The Labute approximate surface area is 153 Å². The first kappa shape index (κ1) is 17.0. The van der Waals surface area contributed by atoms with E-state index < -0.39 is 17.3 Å². The lowest BCUT2D eigenvalue weighted by Crippen LogP contribution is -2.29. The maximum Gasteiger partial charge on any atom is 0.261 e. The fourth-order valence-electron chi connectivity index (χ4n) is 3.26. The Bertz CT molecular complexity index is 1070. The van der Waals surface area contributed by atoms with Crippen LogP contribution in [0.15, 0.2) is 57.9 Å². The molecule has 0 saturated carbocycles. The van der Waals surface area contributed by atoms with Crippen molar-refractivity contribution in [2.24, 2.45) is 0 Å². The molecule has 1 aliphatic rings. The minimum absolute atomic E-state index is 0.144. The highest BCUT2D eigenvalue weighted by atomic mass is 19.1. The molecule has 0 aliphatic heterocycles. The highest BCUT2D eigenvalue weighted by Gasteiger charge is 2.30. The summed E-state index contributed by atoms with van der Waals surface area (Å²) in [6.45, 7) is 0. The number of carbonyl (C=O) groups is 2. The van der Waals surface area contributed by atoms with Gasteiger partial charge in [-0.3, -0.25) is 14.4 Å². The van der Waals surface area contributed by atoms with Crippen LogP contribution in [0.4, 0.5) is 10.1 Å². The number of halogens is 1. The predicted octanol–water partition coefficient (Wildman–Crippen LogP) is 3.27. The molecule has 6 nitrogen and oxygen atoms in total. The van der Waals surface area contributed by atoms with Crippen LogP contribution in [0.25, 0.3) is 0 Å². The summed E-state index contributed by atoms with van der Waals surface area (Å²) >= 11 is 0. The van der Waals surface area contributed by atoms with Crippen LogP contribution in [-0.4, -0.2) is 16.7 Å². The molecule has 2 aromatic heterocycles. The number of hydrogen-bond donors (Lipinski definition) is 2. The molecule has 0 fully saturated rings. The van der Waals surface area contributed by atoms with Crippen molar-refractivity contribution in [1.29, 1.82) is 0 Å². The van der Waals surface area contributed by atoms with E-state index in [2.05, 4.69) is 10.3 Å². The van der Waals surface area contributed by atoms with Crippen LogP contribution in [-0.2, 0) is 6.42 Å². The molecular weight excluding hydrogens is 351 g/mol. The number of Topliss-reactive ketones (excluding diaryl/α,β-unsaturated/α-hetero) is 1. The van der Waals surface area contributed by atoms with Gasteiger partial charge in [-0.25, -0.2) is 4.39 Å². The first-order valence-electron chi connectivity index (χ1n) is 8.41. The molecule has 0 saturated heterocycles. The van der Waals surface area contributed by atoms with E-state index in [1.165, 1.54) is 30.3 Å². The predicted molar refractivity (Wildman–Crippen MR) is 95.5 cm³/mol. The van der Waals surface area contributed by atoms with Gasteiger partial charge in [0.2, 0.25) is 0 Å². The number of fused-ring (bicyclic) bond motifs is 1. The largest absolute Gasteiger partial charge is 0.469 e. The van der Waals surface area contributed by atoms with E-state index in [0.29, 0.717) is 29.1 Å². The molecule has 0 unspecified atom stereocenters. The van der Waals surface area contributed by atoms with Crippen molar-refractivity contribution in [2.45, 2.75) is 18.8 Å². The lowest BCUT2D eigenvalue weighted by atomic mass is 9.84. The SMILES string of the molecule is O=C1C[C@@H](c2ccco2)Cc2[nH]c(=O)c(C(=O)Nc3ccc(F)cc3)cc21. The molecular formula is C20H15FN2O4. The van der Waals surface area contributed by atoms with Crippen LogP contribution in [0.5, 0.6) is 0 Å². The quantitative estimate of drug-likeness (QED) is 0.744. The van der Waals surface area contributed by atoms with Gasteiger partial charge in [0, 0.05) is 29.3 Å². The number of aromatic nitrogens is 1. The van der Waals surface area contributed by atoms with E-state index in [9.17, 15) is 18.8 Å². The summed E-state index contributed by atoms with van der Waals surface area (Å²) in [6, 6.07) is 10.0. The summed E-state index contributed by atoms with van der Waals surface area (Å²) in [5.74, 6) is -0.713. The molecule has 2 heterocycles. The normalized spacial score (nSPS) is 16.0. The minimum Gasteiger partial charge on any atom is -0.469 e. The van der Waals surface area contributed by atoms with E-state index in [0.717, 1.165) is 0 Å². The maximum absolute atomic E-state index is 13.0. The topological polar surface area (TPSA) is 92.2 Å². The Hall–Kier alpha value is -3.48.